The first-order valence-electron chi connectivity index (χ1n) is 11.3. The maximum absolute atomic E-state index is 13.6. The highest BCUT2D eigenvalue weighted by Crippen LogP contribution is 2.43. The van der Waals surface area contributed by atoms with Crippen molar-refractivity contribution in [2.24, 2.45) is 5.92 Å². The van der Waals surface area contributed by atoms with E-state index in [9.17, 15) is 18.0 Å². The zero-order chi connectivity index (χ0) is 25.2. The van der Waals surface area contributed by atoms with Crippen LogP contribution in [-0.2, 0) is 19.4 Å². The molecule has 1 aliphatic rings. The number of methoxy groups -OCH3 is 1. The van der Waals surface area contributed by atoms with E-state index >= 15 is 0 Å². The Kier molecular flexibility index (Phi) is 6.93. The van der Waals surface area contributed by atoms with Crippen LogP contribution < -0.4 is 15.0 Å². The third-order valence-corrected chi connectivity index (χ3v) is 7.38. The zero-order valence-electron chi connectivity index (χ0n) is 19.9. The van der Waals surface area contributed by atoms with Gasteiger partial charge in [0.05, 0.1) is 24.0 Å². The quantitative estimate of drug-likeness (QED) is 0.546. The van der Waals surface area contributed by atoms with Crippen molar-refractivity contribution in [3.63, 3.8) is 0 Å². The van der Waals surface area contributed by atoms with Gasteiger partial charge in [-0.05, 0) is 55.8 Å². The van der Waals surface area contributed by atoms with E-state index in [4.69, 9.17) is 4.74 Å². The number of aryl methyl sites for hydroxylation is 1. The number of amides is 2. The SMILES string of the molecule is COc1ccccc1C1C(C(=O)Nc2ccc(S(C)(=O)=O)cc2)CCC(=O)N1c1ccc(C)cc1. The predicted octanol–water partition coefficient (Wildman–Crippen LogP) is 4.53. The minimum atomic E-state index is -3.34. The van der Waals surface area contributed by atoms with Gasteiger partial charge in [0, 0.05) is 29.6 Å². The molecule has 0 aromatic heterocycles. The molecule has 0 saturated carbocycles. The van der Waals surface area contributed by atoms with E-state index in [0.29, 0.717) is 23.5 Å². The van der Waals surface area contributed by atoms with Crippen LogP contribution in [-0.4, -0.2) is 33.6 Å². The van der Waals surface area contributed by atoms with Crippen molar-refractivity contribution in [2.45, 2.75) is 30.7 Å². The van der Waals surface area contributed by atoms with Crippen molar-refractivity contribution in [1.29, 1.82) is 0 Å². The van der Waals surface area contributed by atoms with Gasteiger partial charge in [-0.15, -0.1) is 0 Å². The Labute approximate surface area is 205 Å². The lowest BCUT2D eigenvalue weighted by Crippen LogP contribution is -2.47. The van der Waals surface area contributed by atoms with Crippen molar-refractivity contribution >= 4 is 33.0 Å². The molecule has 2 atom stereocenters. The average molecular weight is 493 g/mol. The van der Waals surface area contributed by atoms with Crippen molar-refractivity contribution < 1.29 is 22.7 Å². The van der Waals surface area contributed by atoms with Crippen LogP contribution in [0.5, 0.6) is 5.75 Å². The number of benzene rings is 3. The maximum Gasteiger partial charge on any atom is 0.229 e. The number of nitrogens with zero attached hydrogens (tertiary/aromatic N) is 1. The summed E-state index contributed by atoms with van der Waals surface area (Å²) in [6.45, 7) is 1.98. The van der Waals surface area contributed by atoms with E-state index in [2.05, 4.69) is 5.32 Å². The van der Waals surface area contributed by atoms with Gasteiger partial charge in [0.1, 0.15) is 5.75 Å². The predicted molar refractivity (Wildman–Crippen MR) is 135 cm³/mol. The van der Waals surface area contributed by atoms with Crippen molar-refractivity contribution in [3.8, 4) is 5.75 Å². The minimum absolute atomic E-state index is 0.0636. The molecule has 3 aromatic carbocycles. The molecule has 0 aliphatic carbocycles. The highest BCUT2D eigenvalue weighted by atomic mass is 32.2. The van der Waals surface area contributed by atoms with Crippen LogP contribution in [0, 0.1) is 12.8 Å². The van der Waals surface area contributed by atoms with Gasteiger partial charge in [-0.2, -0.15) is 0 Å². The number of hydrogen-bond donors (Lipinski definition) is 1. The summed E-state index contributed by atoms with van der Waals surface area (Å²) in [7, 11) is -1.77. The van der Waals surface area contributed by atoms with Crippen molar-refractivity contribution in [2.75, 3.05) is 23.6 Å². The van der Waals surface area contributed by atoms with Crippen LogP contribution >= 0.6 is 0 Å². The molecule has 182 valence electrons. The van der Waals surface area contributed by atoms with Crippen molar-refractivity contribution in [3.05, 3.63) is 83.9 Å². The first-order valence-corrected chi connectivity index (χ1v) is 13.2. The largest absolute Gasteiger partial charge is 0.496 e. The number of nitrogens with one attached hydrogen (secondary N) is 1. The molecule has 1 saturated heterocycles. The summed E-state index contributed by atoms with van der Waals surface area (Å²) in [4.78, 5) is 28.6. The Bertz CT molecular complexity index is 1330. The number of anilines is 2. The molecular weight excluding hydrogens is 464 g/mol. The molecule has 4 rings (SSSR count). The molecule has 1 fully saturated rings. The minimum Gasteiger partial charge on any atom is -0.496 e. The summed E-state index contributed by atoms with van der Waals surface area (Å²) < 4.78 is 29.1. The van der Waals surface area contributed by atoms with Crippen LogP contribution in [0.2, 0.25) is 0 Å². The van der Waals surface area contributed by atoms with Crippen LogP contribution in [0.15, 0.2) is 77.7 Å². The second-order valence-corrected chi connectivity index (χ2v) is 10.7. The monoisotopic (exact) mass is 492 g/mol. The maximum atomic E-state index is 13.6. The molecular formula is C27H28N2O5S. The molecule has 0 bridgehead atoms. The third-order valence-electron chi connectivity index (χ3n) is 6.25. The van der Waals surface area contributed by atoms with Gasteiger partial charge in [0.15, 0.2) is 9.84 Å². The van der Waals surface area contributed by atoms with E-state index < -0.39 is 21.8 Å². The Morgan fingerprint density at radius 2 is 1.66 bits per heavy atom. The summed E-state index contributed by atoms with van der Waals surface area (Å²) in [5.74, 6) is -0.275. The molecule has 7 nitrogen and oxygen atoms in total. The lowest BCUT2D eigenvalue weighted by Gasteiger charge is -2.41. The second kappa shape index (κ2) is 9.92. The molecule has 2 amide bonds. The van der Waals surface area contributed by atoms with E-state index in [0.717, 1.165) is 17.4 Å². The van der Waals surface area contributed by atoms with E-state index in [1.165, 1.54) is 12.1 Å². The average Bonchev–Trinajstić information content (AvgIpc) is 2.84. The molecule has 0 radical (unpaired) electrons. The topological polar surface area (TPSA) is 92.8 Å². The fourth-order valence-electron chi connectivity index (χ4n) is 4.46. The molecule has 1 N–H and O–H groups in total. The lowest BCUT2D eigenvalue weighted by molar-refractivity contribution is -0.125. The van der Waals surface area contributed by atoms with Gasteiger partial charge in [-0.25, -0.2) is 8.42 Å². The standard InChI is InChI=1S/C27H28N2O5S/c1-18-8-12-20(13-9-18)29-25(30)17-16-23(26(29)22-6-4-5-7-24(22)34-2)27(31)28-19-10-14-21(15-11-19)35(3,32)33/h4-15,23,26H,16-17H2,1-3H3,(H,28,31). The fourth-order valence-corrected chi connectivity index (χ4v) is 5.09. The highest BCUT2D eigenvalue weighted by molar-refractivity contribution is 7.90. The van der Waals surface area contributed by atoms with Crippen LogP contribution in [0.25, 0.3) is 0 Å². The number of piperidine rings is 1. The molecule has 0 spiro atoms. The zero-order valence-corrected chi connectivity index (χ0v) is 20.7. The summed E-state index contributed by atoms with van der Waals surface area (Å²) >= 11 is 0. The summed E-state index contributed by atoms with van der Waals surface area (Å²) in [6.07, 6.45) is 1.74. The van der Waals surface area contributed by atoms with Gasteiger partial charge in [0.25, 0.3) is 0 Å². The smallest absolute Gasteiger partial charge is 0.229 e. The number of ether oxygens (including phenoxy) is 1. The number of carbonyl (C=O) groups excluding carboxylic acids is 2. The molecule has 2 unspecified atom stereocenters. The normalized spacial score (nSPS) is 18.3. The Hall–Kier alpha value is -3.65. The first kappa shape index (κ1) is 24.5. The highest BCUT2D eigenvalue weighted by Gasteiger charge is 2.42. The summed E-state index contributed by atoms with van der Waals surface area (Å²) in [5, 5.41) is 2.91. The van der Waals surface area contributed by atoms with E-state index in [1.54, 1.807) is 24.1 Å². The first-order chi connectivity index (χ1) is 16.7. The number of rotatable bonds is 6. The lowest BCUT2D eigenvalue weighted by atomic mass is 9.82. The molecule has 35 heavy (non-hydrogen) atoms. The molecule has 3 aromatic rings. The summed E-state index contributed by atoms with van der Waals surface area (Å²) in [5.41, 5.74) is 3.02. The number of carbonyl (C=O) groups is 2. The van der Waals surface area contributed by atoms with Gasteiger partial charge >= 0.3 is 0 Å². The van der Waals surface area contributed by atoms with Crippen LogP contribution in [0.1, 0.15) is 30.0 Å². The second-order valence-electron chi connectivity index (χ2n) is 8.72. The summed E-state index contributed by atoms with van der Waals surface area (Å²) in [6, 6.07) is 20.6. The van der Waals surface area contributed by atoms with Gasteiger partial charge < -0.3 is 15.0 Å². The van der Waals surface area contributed by atoms with Crippen LogP contribution in [0.4, 0.5) is 11.4 Å². The number of hydrogen-bond acceptors (Lipinski definition) is 5. The number of para-hydroxylation sites is 1. The van der Waals surface area contributed by atoms with Crippen LogP contribution in [0.3, 0.4) is 0 Å². The van der Waals surface area contributed by atoms with Gasteiger partial charge in [-0.3, -0.25) is 9.59 Å². The Morgan fingerprint density at radius 3 is 2.29 bits per heavy atom. The Morgan fingerprint density at radius 1 is 1.00 bits per heavy atom. The third kappa shape index (κ3) is 5.22. The molecule has 1 heterocycles. The molecule has 1 aliphatic heterocycles. The van der Waals surface area contributed by atoms with E-state index in [1.807, 2.05) is 55.5 Å². The molecule has 8 heteroatoms. The van der Waals surface area contributed by atoms with E-state index in [-0.39, 0.29) is 23.1 Å². The van der Waals surface area contributed by atoms with Gasteiger partial charge in [0.2, 0.25) is 11.8 Å². The Balaban J connectivity index is 1.73. The van der Waals surface area contributed by atoms with Gasteiger partial charge in [-0.1, -0.05) is 35.9 Å². The van der Waals surface area contributed by atoms with Crippen molar-refractivity contribution in [1.82, 2.24) is 0 Å². The number of sulfone groups is 1. The fraction of sp³-hybridized carbons (Fsp3) is 0.259.